The summed E-state index contributed by atoms with van der Waals surface area (Å²) in [5.74, 6) is 0.136. The maximum absolute atomic E-state index is 12.3. The quantitative estimate of drug-likeness (QED) is 0.800. The summed E-state index contributed by atoms with van der Waals surface area (Å²) in [7, 11) is -3.78. The van der Waals surface area contributed by atoms with E-state index >= 15 is 0 Å². The Hall–Kier alpha value is -2.19. The minimum atomic E-state index is -3.78. The van der Waals surface area contributed by atoms with Crippen molar-refractivity contribution < 1.29 is 13.2 Å². The molecule has 2 rings (SSSR count). The highest BCUT2D eigenvalue weighted by molar-refractivity contribution is 7.92. The molecule has 0 aliphatic heterocycles. The Morgan fingerprint density at radius 3 is 2.39 bits per heavy atom. The molecule has 0 spiro atoms. The Kier molecular flexibility index (Phi) is 5.17. The van der Waals surface area contributed by atoms with E-state index in [0.717, 1.165) is 0 Å². The molecule has 7 nitrogen and oxygen atoms in total. The summed E-state index contributed by atoms with van der Waals surface area (Å²) in [6.07, 6.45) is 0. The molecule has 0 unspecified atom stereocenters. The molecule has 2 aromatic rings. The maximum atomic E-state index is 12.3. The first kappa shape index (κ1) is 17.2. The molecular formula is C14H15ClN4O3S. The number of nitrogens with one attached hydrogen (secondary N) is 2. The number of halogens is 1. The summed E-state index contributed by atoms with van der Waals surface area (Å²) in [5, 5.41) is 2.53. The van der Waals surface area contributed by atoms with Gasteiger partial charge in [-0.05, 0) is 38.1 Å². The molecule has 0 atom stereocenters. The van der Waals surface area contributed by atoms with E-state index in [1.807, 2.05) is 0 Å². The Labute approximate surface area is 139 Å². The predicted octanol–water partition coefficient (Wildman–Crippen LogP) is 2.07. The van der Waals surface area contributed by atoms with Crippen LogP contribution in [0.4, 0.5) is 11.5 Å². The number of alkyl halides is 1. The number of benzene rings is 1. The molecule has 0 radical (unpaired) electrons. The van der Waals surface area contributed by atoms with Crippen LogP contribution in [0.1, 0.15) is 11.5 Å². The summed E-state index contributed by atoms with van der Waals surface area (Å²) >= 11 is 5.39. The van der Waals surface area contributed by atoms with Gasteiger partial charge in [0.25, 0.3) is 10.0 Å². The number of sulfonamides is 1. The molecule has 1 aromatic carbocycles. The Balaban J connectivity index is 2.20. The number of aromatic nitrogens is 2. The van der Waals surface area contributed by atoms with Crippen LogP contribution in [-0.2, 0) is 14.8 Å². The largest absolute Gasteiger partial charge is 0.325 e. The van der Waals surface area contributed by atoms with E-state index in [2.05, 4.69) is 20.0 Å². The molecule has 0 aliphatic carbocycles. The minimum absolute atomic E-state index is 0.0512. The van der Waals surface area contributed by atoms with Gasteiger partial charge in [0.1, 0.15) is 17.5 Å². The zero-order valence-corrected chi connectivity index (χ0v) is 14.1. The van der Waals surface area contributed by atoms with E-state index in [4.69, 9.17) is 11.6 Å². The molecule has 2 N–H and O–H groups in total. The van der Waals surface area contributed by atoms with Crippen molar-refractivity contribution in [3.8, 4) is 0 Å². The monoisotopic (exact) mass is 354 g/mol. The molecule has 1 heterocycles. The first-order chi connectivity index (χ1) is 10.8. The molecule has 1 aromatic heterocycles. The summed E-state index contributed by atoms with van der Waals surface area (Å²) in [5.41, 5.74) is 1.12. The number of anilines is 2. The maximum Gasteiger partial charge on any atom is 0.263 e. The molecule has 122 valence electrons. The van der Waals surface area contributed by atoms with Gasteiger partial charge in [-0.1, -0.05) is 0 Å². The summed E-state index contributed by atoms with van der Waals surface area (Å²) < 4.78 is 27.1. The topological polar surface area (TPSA) is 101 Å². The average molecular weight is 355 g/mol. The fraction of sp³-hybridized carbons (Fsp3) is 0.214. The second-order valence-electron chi connectivity index (χ2n) is 4.75. The van der Waals surface area contributed by atoms with Gasteiger partial charge in [-0.15, -0.1) is 11.6 Å². The number of rotatable bonds is 5. The van der Waals surface area contributed by atoms with Gasteiger partial charge in [0, 0.05) is 17.4 Å². The molecule has 0 fully saturated rings. The highest BCUT2D eigenvalue weighted by atomic mass is 35.5. The number of aryl methyl sites for hydroxylation is 2. The van der Waals surface area contributed by atoms with Gasteiger partial charge in [-0.2, -0.15) is 0 Å². The first-order valence-electron chi connectivity index (χ1n) is 6.61. The van der Waals surface area contributed by atoms with E-state index in [-0.39, 0.29) is 22.5 Å². The van der Waals surface area contributed by atoms with Crippen molar-refractivity contribution in [3.63, 3.8) is 0 Å². The van der Waals surface area contributed by atoms with Crippen molar-refractivity contribution >= 4 is 39.0 Å². The van der Waals surface area contributed by atoms with Crippen LogP contribution in [0.3, 0.4) is 0 Å². The smallest absolute Gasteiger partial charge is 0.263 e. The lowest BCUT2D eigenvalue weighted by molar-refractivity contribution is -0.113. The normalized spacial score (nSPS) is 11.1. The Morgan fingerprint density at radius 2 is 1.83 bits per heavy atom. The molecule has 23 heavy (non-hydrogen) atoms. The highest BCUT2D eigenvalue weighted by Crippen LogP contribution is 2.17. The average Bonchev–Trinajstić information content (AvgIpc) is 2.46. The minimum Gasteiger partial charge on any atom is -0.325 e. The van der Waals surface area contributed by atoms with Crippen molar-refractivity contribution in [3.05, 3.63) is 41.9 Å². The Morgan fingerprint density at radius 1 is 1.17 bits per heavy atom. The first-order valence-corrected chi connectivity index (χ1v) is 8.63. The van der Waals surface area contributed by atoms with Crippen LogP contribution in [0.25, 0.3) is 0 Å². The summed E-state index contributed by atoms with van der Waals surface area (Å²) in [4.78, 5) is 19.4. The van der Waals surface area contributed by atoms with E-state index < -0.39 is 10.0 Å². The third kappa shape index (κ3) is 4.64. The fourth-order valence-corrected chi connectivity index (χ4v) is 2.94. The van der Waals surface area contributed by atoms with Crippen LogP contribution in [0.2, 0.25) is 0 Å². The number of carbonyl (C=O) groups is 1. The van der Waals surface area contributed by atoms with Crippen LogP contribution in [0.5, 0.6) is 0 Å². The van der Waals surface area contributed by atoms with E-state index in [1.165, 1.54) is 24.3 Å². The number of nitrogens with zero attached hydrogens (tertiary/aromatic N) is 2. The molecule has 1 amide bonds. The zero-order chi connectivity index (χ0) is 17.0. The highest BCUT2D eigenvalue weighted by Gasteiger charge is 2.15. The SMILES string of the molecule is Cc1cc(NS(=O)(=O)c2ccc(NC(=O)CCl)cc2)nc(C)n1. The summed E-state index contributed by atoms with van der Waals surface area (Å²) in [6, 6.07) is 7.27. The van der Waals surface area contributed by atoms with E-state index in [0.29, 0.717) is 17.2 Å². The standard InChI is InChI=1S/C14H15ClN4O3S/c1-9-7-13(17-10(2)16-9)19-23(21,22)12-5-3-11(4-6-12)18-14(20)8-15/h3-7H,8H2,1-2H3,(H,18,20)(H,16,17,19). The van der Waals surface area contributed by atoms with Crippen LogP contribution >= 0.6 is 11.6 Å². The second-order valence-corrected chi connectivity index (χ2v) is 6.70. The van der Waals surface area contributed by atoms with Crippen molar-refractivity contribution in [2.24, 2.45) is 0 Å². The van der Waals surface area contributed by atoms with Gasteiger partial charge >= 0.3 is 0 Å². The van der Waals surface area contributed by atoms with Crippen molar-refractivity contribution in [2.45, 2.75) is 18.7 Å². The van der Waals surface area contributed by atoms with Gasteiger partial charge in [-0.25, -0.2) is 18.4 Å². The number of amides is 1. The van der Waals surface area contributed by atoms with Gasteiger partial charge in [0.2, 0.25) is 5.91 Å². The van der Waals surface area contributed by atoms with Gasteiger partial charge < -0.3 is 5.32 Å². The molecule has 0 saturated carbocycles. The third-order valence-corrected chi connectivity index (χ3v) is 4.39. The van der Waals surface area contributed by atoms with Crippen LogP contribution in [0, 0.1) is 13.8 Å². The molecule has 0 aliphatic rings. The van der Waals surface area contributed by atoms with Crippen LogP contribution < -0.4 is 10.0 Å². The van der Waals surface area contributed by atoms with E-state index in [1.54, 1.807) is 19.9 Å². The van der Waals surface area contributed by atoms with Crippen molar-refractivity contribution in [1.82, 2.24) is 9.97 Å². The molecule has 0 bridgehead atoms. The Bertz CT molecular complexity index is 802. The van der Waals surface area contributed by atoms with Gasteiger partial charge in [-0.3, -0.25) is 9.52 Å². The van der Waals surface area contributed by atoms with Gasteiger partial charge in [0.15, 0.2) is 0 Å². The molecular weight excluding hydrogens is 340 g/mol. The number of carbonyl (C=O) groups excluding carboxylic acids is 1. The van der Waals surface area contributed by atoms with Crippen LogP contribution in [-0.4, -0.2) is 30.2 Å². The third-order valence-electron chi connectivity index (χ3n) is 2.77. The second kappa shape index (κ2) is 6.93. The lowest BCUT2D eigenvalue weighted by Crippen LogP contribution is -2.15. The fourth-order valence-electron chi connectivity index (χ4n) is 1.88. The lowest BCUT2D eigenvalue weighted by Gasteiger charge is -2.09. The lowest BCUT2D eigenvalue weighted by atomic mass is 10.3. The summed E-state index contributed by atoms with van der Waals surface area (Å²) in [6.45, 7) is 3.43. The number of hydrogen-bond acceptors (Lipinski definition) is 5. The van der Waals surface area contributed by atoms with Crippen molar-refractivity contribution in [2.75, 3.05) is 15.9 Å². The molecule has 9 heteroatoms. The van der Waals surface area contributed by atoms with Crippen molar-refractivity contribution in [1.29, 1.82) is 0 Å². The van der Waals surface area contributed by atoms with Gasteiger partial charge in [0.05, 0.1) is 4.90 Å². The molecule has 0 saturated heterocycles. The number of hydrogen-bond donors (Lipinski definition) is 2. The van der Waals surface area contributed by atoms with E-state index in [9.17, 15) is 13.2 Å². The predicted molar refractivity (Wildman–Crippen MR) is 88.1 cm³/mol. The van der Waals surface area contributed by atoms with Crippen LogP contribution in [0.15, 0.2) is 35.2 Å². The zero-order valence-electron chi connectivity index (χ0n) is 12.5.